The highest BCUT2D eigenvalue weighted by Gasteiger charge is 2.11. The summed E-state index contributed by atoms with van der Waals surface area (Å²) >= 11 is 3.25. The van der Waals surface area contributed by atoms with Gasteiger partial charge in [-0.1, -0.05) is 28.1 Å². The Morgan fingerprint density at radius 3 is 2.50 bits per heavy atom. The van der Waals surface area contributed by atoms with Gasteiger partial charge in [-0.3, -0.25) is 4.79 Å². The van der Waals surface area contributed by atoms with E-state index in [2.05, 4.69) is 15.9 Å². The second kappa shape index (κ2) is 5.46. The molecule has 0 aromatic heterocycles. The number of benzene rings is 1. The van der Waals surface area contributed by atoms with Crippen LogP contribution in [-0.4, -0.2) is 22.2 Å². The average Bonchev–Trinajstić information content (AvgIpc) is 2.15. The van der Waals surface area contributed by atoms with Crippen molar-refractivity contribution in [1.82, 2.24) is 0 Å². The van der Waals surface area contributed by atoms with Gasteiger partial charge in [0.1, 0.15) is 0 Å². The number of carboxylic acid groups (broad SMARTS) is 2. The van der Waals surface area contributed by atoms with Gasteiger partial charge in [0.25, 0.3) is 0 Å². The first-order chi connectivity index (χ1) is 7.49. The van der Waals surface area contributed by atoms with E-state index in [-0.39, 0.29) is 5.57 Å². The normalized spacial score (nSPS) is 11.2. The molecule has 0 aliphatic heterocycles. The molecule has 0 fully saturated rings. The third kappa shape index (κ3) is 3.86. The molecule has 0 amide bonds. The van der Waals surface area contributed by atoms with Crippen molar-refractivity contribution >= 4 is 33.9 Å². The molecule has 0 saturated carbocycles. The Morgan fingerprint density at radius 2 is 2.00 bits per heavy atom. The third-order valence-corrected chi connectivity index (χ3v) is 2.30. The highest BCUT2D eigenvalue weighted by molar-refractivity contribution is 9.10. The van der Waals surface area contributed by atoms with Gasteiger partial charge in [-0.25, -0.2) is 4.79 Å². The van der Waals surface area contributed by atoms with Gasteiger partial charge in [-0.2, -0.15) is 0 Å². The van der Waals surface area contributed by atoms with E-state index in [9.17, 15) is 9.59 Å². The Labute approximate surface area is 100 Å². The van der Waals surface area contributed by atoms with E-state index in [0.29, 0.717) is 5.56 Å². The zero-order valence-corrected chi connectivity index (χ0v) is 9.77. The largest absolute Gasteiger partial charge is 0.481 e. The molecule has 1 aromatic rings. The minimum absolute atomic E-state index is 0.148. The maximum Gasteiger partial charge on any atom is 0.332 e. The maximum absolute atomic E-state index is 10.8. The number of rotatable bonds is 4. The molecule has 1 aromatic carbocycles. The van der Waals surface area contributed by atoms with E-state index >= 15 is 0 Å². The zero-order chi connectivity index (χ0) is 12.1. The van der Waals surface area contributed by atoms with Crippen molar-refractivity contribution < 1.29 is 19.8 Å². The Hall–Kier alpha value is -1.62. The summed E-state index contributed by atoms with van der Waals surface area (Å²) in [5, 5.41) is 17.4. The second-order valence-corrected chi connectivity index (χ2v) is 4.02. The summed E-state index contributed by atoms with van der Waals surface area (Å²) in [6.07, 6.45) is 0.850. The predicted molar refractivity (Wildman–Crippen MR) is 62.0 cm³/mol. The fourth-order valence-corrected chi connectivity index (χ4v) is 1.57. The Balaban J connectivity index is 3.02. The molecule has 0 saturated heterocycles. The lowest BCUT2D eigenvalue weighted by Gasteiger charge is -1.99. The topological polar surface area (TPSA) is 74.6 Å². The molecule has 0 unspecified atom stereocenters. The smallest absolute Gasteiger partial charge is 0.332 e. The van der Waals surface area contributed by atoms with E-state index in [1.807, 2.05) is 0 Å². The standard InChI is InChI=1S/C11H9BrO4/c12-9-3-1-2-7(5-9)4-8(11(15)16)6-10(13)14/h1-5H,6H2,(H,13,14)(H,15,16). The zero-order valence-electron chi connectivity index (χ0n) is 8.18. The number of halogens is 1. The summed E-state index contributed by atoms with van der Waals surface area (Å²) in [6, 6.07) is 6.96. The van der Waals surface area contributed by atoms with Crippen molar-refractivity contribution in [2.24, 2.45) is 0 Å². The minimum Gasteiger partial charge on any atom is -0.481 e. The van der Waals surface area contributed by atoms with Crippen LogP contribution in [0.1, 0.15) is 12.0 Å². The molecule has 4 nitrogen and oxygen atoms in total. The molecule has 0 bridgehead atoms. The van der Waals surface area contributed by atoms with E-state index in [1.165, 1.54) is 6.08 Å². The average molecular weight is 285 g/mol. The summed E-state index contributed by atoms with van der Waals surface area (Å²) < 4.78 is 0.807. The molecule has 1 rings (SSSR count). The minimum atomic E-state index is -1.22. The lowest BCUT2D eigenvalue weighted by Crippen LogP contribution is -2.06. The maximum atomic E-state index is 10.8. The lowest BCUT2D eigenvalue weighted by molar-refractivity contribution is -0.139. The Bertz CT molecular complexity index is 451. The number of carbonyl (C=O) groups is 2. The first kappa shape index (κ1) is 12.4. The summed E-state index contributed by atoms with van der Waals surface area (Å²) in [5.41, 5.74) is 0.499. The fraction of sp³-hybridized carbons (Fsp3) is 0.0909. The lowest BCUT2D eigenvalue weighted by atomic mass is 10.1. The van der Waals surface area contributed by atoms with Crippen molar-refractivity contribution in [2.75, 3.05) is 0 Å². The molecule has 0 spiro atoms. The van der Waals surface area contributed by atoms with Crippen LogP contribution in [0, 0.1) is 0 Å². The van der Waals surface area contributed by atoms with Crippen LogP contribution in [0.4, 0.5) is 0 Å². The molecule has 0 atom stereocenters. The highest BCUT2D eigenvalue weighted by Crippen LogP contribution is 2.15. The van der Waals surface area contributed by atoms with E-state index < -0.39 is 18.4 Å². The number of aliphatic carboxylic acids is 2. The van der Waals surface area contributed by atoms with Crippen LogP contribution in [0.5, 0.6) is 0 Å². The van der Waals surface area contributed by atoms with Crippen molar-refractivity contribution in [3.63, 3.8) is 0 Å². The van der Waals surface area contributed by atoms with Gasteiger partial charge in [0, 0.05) is 10.0 Å². The molecule has 5 heteroatoms. The summed E-state index contributed by atoms with van der Waals surface area (Å²) in [4.78, 5) is 21.2. The van der Waals surface area contributed by atoms with Gasteiger partial charge < -0.3 is 10.2 Å². The van der Waals surface area contributed by atoms with Crippen LogP contribution < -0.4 is 0 Å². The van der Waals surface area contributed by atoms with Gasteiger partial charge in [-0.05, 0) is 23.8 Å². The summed E-state index contributed by atoms with van der Waals surface area (Å²) in [5.74, 6) is -2.38. The van der Waals surface area contributed by atoms with Gasteiger partial charge >= 0.3 is 11.9 Å². The van der Waals surface area contributed by atoms with E-state index in [1.54, 1.807) is 24.3 Å². The van der Waals surface area contributed by atoms with Gasteiger partial charge in [0.2, 0.25) is 0 Å². The summed E-state index contributed by atoms with van der Waals surface area (Å²) in [6.45, 7) is 0. The highest BCUT2D eigenvalue weighted by atomic mass is 79.9. The third-order valence-electron chi connectivity index (χ3n) is 1.81. The number of hydrogen-bond acceptors (Lipinski definition) is 2. The predicted octanol–water partition coefficient (Wildman–Crippen LogP) is 2.39. The molecule has 0 aliphatic carbocycles. The van der Waals surface area contributed by atoms with Crippen LogP contribution in [0.3, 0.4) is 0 Å². The fourth-order valence-electron chi connectivity index (χ4n) is 1.15. The van der Waals surface area contributed by atoms with Crippen molar-refractivity contribution in [3.05, 3.63) is 39.9 Å². The molecule has 0 heterocycles. The molecular formula is C11H9BrO4. The van der Waals surface area contributed by atoms with Gasteiger partial charge in [0.15, 0.2) is 0 Å². The molecule has 84 valence electrons. The van der Waals surface area contributed by atoms with Crippen LogP contribution in [-0.2, 0) is 9.59 Å². The van der Waals surface area contributed by atoms with Crippen molar-refractivity contribution in [2.45, 2.75) is 6.42 Å². The van der Waals surface area contributed by atoms with Crippen LogP contribution in [0.15, 0.2) is 34.3 Å². The first-order valence-corrected chi connectivity index (χ1v) is 5.19. The van der Waals surface area contributed by atoms with Gasteiger partial charge in [-0.15, -0.1) is 0 Å². The quantitative estimate of drug-likeness (QED) is 0.833. The Kier molecular flexibility index (Phi) is 4.25. The van der Waals surface area contributed by atoms with Crippen LogP contribution >= 0.6 is 15.9 Å². The number of hydrogen-bond donors (Lipinski definition) is 2. The van der Waals surface area contributed by atoms with E-state index in [0.717, 1.165) is 4.47 Å². The molecular weight excluding hydrogens is 276 g/mol. The number of carboxylic acids is 2. The molecule has 0 aliphatic rings. The van der Waals surface area contributed by atoms with E-state index in [4.69, 9.17) is 10.2 Å². The van der Waals surface area contributed by atoms with Crippen molar-refractivity contribution in [1.29, 1.82) is 0 Å². The summed E-state index contributed by atoms with van der Waals surface area (Å²) in [7, 11) is 0. The molecule has 2 N–H and O–H groups in total. The van der Waals surface area contributed by atoms with Crippen LogP contribution in [0.25, 0.3) is 6.08 Å². The van der Waals surface area contributed by atoms with Crippen molar-refractivity contribution in [3.8, 4) is 0 Å². The van der Waals surface area contributed by atoms with Gasteiger partial charge in [0.05, 0.1) is 6.42 Å². The second-order valence-electron chi connectivity index (χ2n) is 3.10. The SMILES string of the molecule is O=C(O)CC(=Cc1cccc(Br)c1)C(=O)O. The monoisotopic (exact) mass is 284 g/mol. The Morgan fingerprint density at radius 1 is 1.31 bits per heavy atom. The van der Waals surface area contributed by atoms with Crippen LogP contribution in [0.2, 0.25) is 0 Å². The molecule has 0 radical (unpaired) electrons. The molecule has 16 heavy (non-hydrogen) atoms. The first-order valence-electron chi connectivity index (χ1n) is 4.40.